The lowest BCUT2D eigenvalue weighted by Gasteiger charge is -2.23. The van der Waals surface area contributed by atoms with Crippen molar-refractivity contribution in [3.05, 3.63) is 203 Å². The molecule has 6 aromatic carbocycles. The molecule has 0 atom stereocenters. The molecule has 0 heterocycles. The van der Waals surface area contributed by atoms with Crippen molar-refractivity contribution in [3.8, 4) is 0 Å². The SMILES string of the molecule is CN(C)c1ccccc1[C+](c1ccccc1)c1ccccc1N(C)C.CN(C)c1ccccc1[C+](c1ccccc1)c1ccccc1N(C)C.O=C([O-])C(=O)[O-]. The van der Waals surface area contributed by atoms with E-state index < -0.39 is 11.9 Å². The van der Waals surface area contributed by atoms with Crippen LogP contribution in [0, 0.1) is 11.8 Å². The maximum Gasteiger partial charge on any atom is 0.0892 e. The predicted molar refractivity (Wildman–Crippen MR) is 227 cm³/mol. The topological polar surface area (TPSA) is 93.2 Å². The number of hydrogen-bond donors (Lipinski definition) is 0. The van der Waals surface area contributed by atoms with Crippen LogP contribution < -0.4 is 29.8 Å². The Morgan fingerprint density at radius 1 is 0.339 bits per heavy atom. The molecule has 56 heavy (non-hydrogen) atoms. The van der Waals surface area contributed by atoms with Gasteiger partial charge in [-0.05, 0) is 146 Å². The van der Waals surface area contributed by atoms with Gasteiger partial charge >= 0.3 is 0 Å². The minimum absolute atomic E-state index is 1.22. The van der Waals surface area contributed by atoms with Crippen LogP contribution in [0.25, 0.3) is 0 Å². The van der Waals surface area contributed by atoms with Gasteiger partial charge < -0.3 is 39.4 Å². The number of aliphatic carboxylic acids is 2. The number of anilines is 4. The molecule has 0 aliphatic heterocycles. The van der Waals surface area contributed by atoms with E-state index in [4.69, 9.17) is 19.8 Å². The van der Waals surface area contributed by atoms with E-state index in [9.17, 15) is 0 Å². The highest BCUT2D eigenvalue weighted by Crippen LogP contribution is 2.41. The lowest BCUT2D eigenvalue weighted by molar-refractivity contribution is -0.345. The highest BCUT2D eigenvalue weighted by molar-refractivity contribution is 6.25. The molecule has 0 aliphatic rings. The van der Waals surface area contributed by atoms with Crippen molar-refractivity contribution in [1.82, 2.24) is 0 Å². The first-order chi connectivity index (χ1) is 26.8. The van der Waals surface area contributed by atoms with Gasteiger partial charge in [0, 0.05) is 56.4 Å². The summed E-state index contributed by atoms with van der Waals surface area (Å²) in [4.78, 5) is 26.6. The Balaban J connectivity index is 0.000000217. The van der Waals surface area contributed by atoms with Crippen LogP contribution in [0.3, 0.4) is 0 Å². The molecule has 0 spiro atoms. The molecule has 6 rings (SSSR count). The third-order valence-electron chi connectivity index (χ3n) is 8.91. The maximum absolute atomic E-state index is 8.93. The Labute approximate surface area is 332 Å². The van der Waals surface area contributed by atoms with Gasteiger partial charge in [0.15, 0.2) is 0 Å². The molecule has 286 valence electrons. The number of benzene rings is 6. The van der Waals surface area contributed by atoms with E-state index in [1.807, 2.05) is 0 Å². The number of rotatable bonds is 10. The molecule has 0 saturated carbocycles. The average Bonchev–Trinajstić information content (AvgIpc) is 3.20. The highest BCUT2D eigenvalue weighted by Gasteiger charge is 2.30. The third kappa shape index (κ3) is 10.7. The van der Waals surface area contributed by atoms with Crippen LogP contribution in [-0.4, -0.2) is 68.3 Å². The molecule has 0 fully saturated rings. The van der Waals surface area contributed by atoms with Gasteiger partial charge in [0.2, 0.25) is 0 Å². The van der Waals surface area contributed by atoms with E-state index in [-0.39, 0.29) is 0 Å². The minimum atomic E-state index is -2.19. The summed E-state index contributed by atoms with van der Waals surface area (Å²) in [6, 6.07) is 55.7. The predicted octanol–water partition coefficient (Wildman–Crippen LogP) is 6.16. The Kier molecular flexibility index (Phi) is 15.0. The molecule has 6 aromatic rings. The summed E-state index contributed by atoms with van der Waals surface area (Å²) in [6.45, 7) is 0. The molecule has 8 heteroatoms. The lowest BCUT2D eigenvalue weighted by Crippen LogP contribution is -2.42. The summed E-state index contributed by atoms with van der Waals surface area (Å²) in [5.74, 6) is -1.85. The summed E-state index contributed by atoms with van der Waals surface area (Å²) in [6.07, 6.45) is 0. The van der Waals surface area contributed by atoms with E-state index in [0.717, 1.165) is 0 Å². The molecular weight excluding hydrogens is 697 g/mol. The van der Waals surface area contributed by atoms with Crippen molar-refractivity contribution in [2.45, 2.75) is 0 Å². The second-order valence-electron chi connectivity index (χ2n) is 13.7. The smallest absolute Gasteiger partial charge is 0.0892 e. The lowest BCUT2D eigenvalue weighted by atomic mass is 9.83. The average molecular weight is 747 g/mol. The van der Waals surface area contributed by atoms with Crippen LogP contribution in [0.1, 0.15) is 33.4 Å². The number of carboxylic acid groups (broad SMARTS) is 2. The standard InChI is InChI=1S/2C23H25N2.C2H2O4/c2*1-24(2)21-16-10-8-14-19(21)23(18-12-6-5-7-13-18)20-15-9-11-17-22(20)25(3)4;3-1(4)2(5)6/h2*5-17H,1-4H3;(H,3,4)(H,5,6)/q2*+1;/p-2. The number of hydrogen-bond acceptors (Lipinski definition) is 8. The van der Waals surface area contributed by atoms with Gasteiger partial charge in [0.25, 0.3) is 0 Å². The quantitative estimate of drug-likeness (QED) is 0.0936. The molecule has 8 nitrogen and oxygen atoms in total. The zero-order valence-corrected chi connectivity index (χ0v) is 33.4. The highest BCUT2D eigenvalue weighted by atomic mass is 16.4. The first-order valence-electron chi connectivity index (χ1n) is 18.2. The van der Waals surface area contributed by atoms with E-state index in [2.05, 4.69) is 234 Å². The van der Waals surface area contributed by atoms with Gasteiger partial charge in [0.05, 0.1) is 79.9 Å². The van der Waals surface area contributed by atoms with Crippen LogP contribution in [0.2, 0.25) is 0 Å². The number of nitrogens with zero attached hydrogens (tertiary/aromatic N) is 4. The van der Waals surface area contributed by atoms with Gasteiger partial charge in [-0.3, -0.25) is 0 Å². The van der Waals surface area contributed by atoms with E-state index in [0.29, 0.717) is 0 Å². The van der Waals surface area contributed by atoms with Gasteiger partial charge in [-0.1, -0.05) is 12.1 Å². The first kappa shape index (κ1) is 41.9. The molecule has 0 N–H and O–H groups in total. The first-order valence-corrected chi connectivity index (χ1v) is 18.2. The van der Waals surface area contributed by atoms with E-state index in [1.165, 1.54) is 68.0 Å². The van der Waals surface area contributed by atoms with Crippen molar-refractivity contribution in [3.63, 3.8) is 0 Å². The number of carbonyl (C=O) groups is 2. The van der Waals surface area contributed by atoms with Crippen LogP contribution in [-0.2, 0) is 9.59 Å². The molecule has 0 amide bonds. The summed E-state index contributed by atoms with van der Waals surface area (Å²) < 4.78 is 0. The molecule has 0 aliphatic carbocycles. The van der Waals surface area contributed by atoms with Crippen LogP contribution in [0.5, 0.6) is 0 Å². The Morgan fingerprint density at radius 3 is 0.732 bits per heavy atom. The Hall–Kier alpha value is -6.80. The fraction of sp³-hybridized carbons (Fsp3) is 0.167. The van der Waals surface area contributed by atoms with Crippen molar-refractivity contribution in [2.24, 2.45) is 0 Å². The number of carboxylic acids is 2. The zero-order chi connectivity index (χ0) is 40.8. The Bertz CT molecular complexity index is 1890. The van der Waals surface area contributed by atoms with Gasteiger partial charge in [0.1, 0.15) is 0 Å². The molecule has 0 saturated heterocycles. The van der Waals surface area contributed by atoms with Gasteiger partial charge in [-0.25, -0.2) is 0 Å². The minimum Gasteiger partial charge on any atom is -0.543 e. The number of carbonyl (C=O) groups excluding carboxylic acids is 2. The maximum atomic E-state index is 8.93. The van der Waals surface area contributed by atoms with Crippen molar-refractivity contribution in [2.75, 3.05) is 76.0 Å². The fourth-order valence-electron chi connectivity index (χ4n) is 6.42. The summed E-state index contributed by atoms with van der Waals surface area (Å²) >= 11 is 0. The van der Waals surface area contributed by atoms with Crippen LogP contribution >= 0.6 is 0 Å². The van der Waals surface area contributed by atoms with Crippen LogP contribution in [0.4, 0.5) is 22.7 Å². The van der Waals surface area contributed by atoms with Crippen molar-refractivity contribution < 1.29 is 19.8 Å². The fourth-order valence-corrected chi connectivity index (χ4v) is 6.42. The van der Waals surface area contributed by atoms with Gasteiger partial charge in [-0.15, -0.1) is 0 Å². The summed E-state index contributed by atoms with van der Waals surface area (Å²) in [5, 5.41) is 17.9. The molecule has 0 unspecified atom stereocenters. The summed E-state index contributed by atoms with van der Waals surface area (Å²) in [5.41, 5.74) is 12.3. The van der Waals surface area contributed by atoms with Crippen molar-refractivity contribution >= 4 is 34.7 Å². The summed E-state index contributed by atoms with van der Waals surface area (Å²) in [7, 11) is 16.8. The molecule has 0 aromatic heterocycles. The monoisotopic (exact) mass is 746 g/mol. The third-order valence-corrected chi connectivity index (χ3v) is 8.91. The zero-order valence-electron chi connectivity index (χ0n) is 33.4. The Morgan fingerprint density at radius 2 is 0.536 bits per heavy atom. The van der Waals surface area contributed by atoms with E-state index >= 15 is 0 Å². The molecule has 0 radical (unpaired) electrons. The normalized spacial score (nSPS) is 10.1. The second kappa shape index (κ2) is 20.0. The van der Waals surface area contributed by atoms with Gasteiger partial charge in [-0.2, -0.15) is 0 Å². The molecular formula is C48H50N4O4. The van der Waals surface area contributed by atoms with Crippen molar-refractivity contribution in [1.29, 1.82) is 0 Å². The molecule has 0 bridgehead atoms. The largest absolute Gasteiger partial charge is 0.543 e. The van der Waals surface area contributed by atoms with E-state index in [1.54, 1.807) is 0 Å². The number of para-hydroxylation sites is 4. The van der Waals surface area contributed by atoms with Crippen LogP contribution in [0.15, 0.2) is 158 Å². The second-order valence-corrected chi connectivity index (χ2v) is 13.7.